The number of aromatic nitrogens is 2. The van der Waals surface area contributed by atoms with E-state index in [4.69, 9.17) is 9.72 Å². The highest BCUT2D eigenvalue weighted by atomic mass is 35.5. The van der Waals surface area contributed by atoms with Gasteiger partial charge in [0.1, 0.15) is 5.82 Å². The molecule has 2 aliphatic heterocycles. The van der Waals surface area contributed by atoms with Crippen molar-refractivity contribution in [1.29, 1.82) is 0 Å². The molecule has 9 heteroatoms. The molecule has 1 amide bonds. The zero-order chi connectivity index (χ0) is 22.4. The van der Waals surface area contributed by atoms with Crippen LogP contribution in [0.15, 0.2) is 42.6 Å². The zero-order valence-corrected chi connectivity index (χ0v) is 20.2. The van der Waals surface area contributed by atoms with Gasteiger partial charge in [0.15, 0.2) is 4.96 Å². The van der Waals surface area contributed by atoms with Crippen molar-refractivity contribution in [3.63, 3.8) is 0 Å². The Hall–Kier alpha value is -2.52. The number of carbonyl (C=O) groups is 1. The summed E-state index contributed by atoms with van der Waals surface area (Å²) < 4.78 is 23.3. The molecule has 0 bridgehead atoms. The standard InChI is InChI=1S/C25H25FN4O2S.ClH/c26-19-12-16(20-2-1-9-27-20)3-5-18(19)21-14-30-22-6-4-17(13-23(22)33-25(30)29-21)28-24(31)15-7-10-32-11-8-15;/h3-6,12-15,20,27H,1-2,7-11H2,(H,28,31);1H. The van der Waals surface area contributed by atoms with Gasteiger partial charge in [0.05, 0.1) is 15.9 Å². The zero-order valence-electron chi connectivity index (χ0n) is 18.6. The normalized spacial score (nSPS) is 18.9. The minimum atomic E-state index is -0.241. The van der Waals surface area contributed by atoms with E-state index in [0.29, 0.717) is 24.5 Å². The van der Waals surface area contributed by atoms with Gasteiger partial charge in [0, 0.05) is 42.6 Å². The lowest BCUT2D eigenvalue weighted by Crippen LogP contribution is -2.28. The Morgan fingerprint density at radius 1 is 1.18 bits per heavy atom. The molecule has 178 valence electrons. The highest BCUT2D eigenvalue weighted by Crippen LogP contribution is 2.33. The van der Waals surface area contributed by atoms with Crippen LogP contribution < -0.4 is 10.6 Å². The van der Waals surface area contributed by atoms with Crippen molar-refractivity contribution in [3.05, 3.63) is 54.0 Å². The maximum Gasteiger partial charge on any atom is 0.227 e. The summed E-state index contributed by atoms with van der Waals surface area (Å²) in [6.07, 6.45) is 5.58. The minimum Gasteiger partial charge on any atom is -0.381 e. The van der Waals surface area contributed by atoms with E-state index in [1.54, 1.807) is 6.07 Å². The van der Waals surface area contributed by atoms with Gasteiger partial charge in [0.25, 0.3) is 0 Å². The molecule has 4 heterocycles. The Morgan fingerprint density at radius 2 is 2.03 bits per heavy atom. The SMILES string of the molecule is Cl.O=C(Nc1ccc2c(c1)sc1nc(-c3ccc(C4CCCN4)cc3F)cn12)C1CCOCC1. The lowest BCUT2D eigenvalue weighted by atomic mass is 9.99. The lowest BCUT2D eigenvalue weighted by Gasteiger charge is -2.21. The molecule has 4 aromatic rings. The molecule has 1 atom stereocenters. The topological polar surface area (TPSA) is 67.7 Å². The second-order valence-corrected chi connectivity index (χ2v) is 9.84. The van der Waals surface area contributed by atoms with Gasteiger partial charge in [-0.3, -0.25) is 9.20 Å². The summed E-state index contributed by atoms with van der Waals surface area (Å²) in [6, 6.07) is 11.6. The van der Waals surface area contributed by atoms with Gasteiger partial charge in [-0.1, -0.05) is 17.4 Å². The number of amides is 1. The fraction of sp³-hybridized carbons (Fsp3) is 0.360. The summed E-state index contributed by atoms with van der Waals surface area (Å²) in [5.74, 6) is -0.189. The second-order valence-electron chi connectivity index (χ2n) is 8.83. The number of nitrogens with zero attached hydrogens (tertiary/aromatic N) is 2. The smallest absolute Gasteiger partial charge is 0.227 e. The summed E-state index contributed by atoms with van der Waals surface area (Å²) in [7, 11) is 0. The van der Waals surface area contributed by atoms with E-state index in [9.17, 15) is 9.18 Å². The Kier molecular flexibility index (Phi) is 6.57. The minimum absolute atomic E-state index is 0. The molecule has 2 saturated heterocycles. The molecule has 6 nitrogen and oxygen atoms in total. The average Bonchev–Trinajstić information content (AvgIpc) is 3.56. The van der Waals surface area contributed by atoms with Gasteiger partial charge in [-0.15, -0.1) is 12.4 Å². The van der Waals surface area contributed by atoms with Crippen LogP contribution >= 0.6 is 23.7 Å². The first-order valence-corrected chi connectivity index (χ1v) is 12.3. The van der Waals surface area contributed by atoms with E-state index in [1.165, 1.54) is 11.3 Å². The van der Waals surface area contributed by atoms with Crippen molar-refractivity contribution in [2.75, 3.05) is 25.1 Å². The van der Waals surface area contributed by atoms with Crippen molar-refractivity contribution >= 4 is 50.5 Å². The number of ether oxygens (including phenoxy) is 1. The van der Waals surface area contributed by atoms with Crippen molar-refractivity contribution in [2.45, 2.75) is 31.7 Å². The molecule has 2 N–H and O–H groups in total. The van der Waals surface area contributed by atoms with E-state index < -0.39 is 0 Å². The molecule has 2 fully saturated rings. The van der Waals surface area contributed by atoms with Crippen LogP contribution in [0.25, 0.3) is 26.4 Å². The highest BCUT2D eigenvalue weighted by molar-refractivity contribution is 7.23. The predicted molar refractivity (Wildman–Crippen MR) is 135 cm³/mol. The van der Waals surface area contributed by atoms with Crippen LogP contribution in [0, 0.1) is 11.7 Å². The molecule has 34 heavy (non-hydrogen) atoms. The van der Waals surface area contributed by atoms with Crippen LogP contribution in [0.5, 0.6) is 0 Å². The molecule has 0 radical (unpaired) electrons. The monoisotopic (exact) mass is 500 g/mol. The second kappa shape index (κ2) is 9.62. The van der Waals surface area contributed by atoms with Crippen LogP contribution in [0.2, 0.25) is 0 Å². The molecule has 2 aliphatic rings. The maximum atomic E-state index is 14.9. The van der Waals surface area contributed by atoms with E-state index in [2.05, 4.69) is 10.6 Å². The number of carbonyl (C=O) groups excluding carboxylic acids is 1. The van der Waals surface area contributed by atoms with Gasteiger partial charge in [0.2, 0.25) is 5.91 Å². The average molecular weight is 501 g/mol. The van der Waals surface area contributed by atoms with E-state index in [1.807, 2.05) is 40.9 Å². The third kappa shape index (κ3) is 4.31. The largest absolute Gasteiger partial charge is 0.381 e. The van der Waals surface area contributed by atoms with Gasteiger partial charge >= 0.3 is 0 Å². The summed E-state index contributed by atoms with van der Waals surface area (Å²) in [5, 5.41) is 6.46. The molecule has 2 aromatic carbocycles. The highest BCUT2D eigenvalue weighted by Gasteiger charge is 2.22. The molecule has 1 unspecified atom stereocenters. The summed E-state index contributed by atoms with van der Waals surface area (Å²) in [6.45, 7) is 2.27. The van der Waals surface area contributed by atoms with Crippen LogP contribution in [0.3, 0.4) is 0 Å². The summed E-state index contributed by atoms with van der Waals surface area (Å²) in [5.41, 5.74) is 3.91. The molecule has 0 spiro atoms. The lowest BCUT2D eigenvalue weighted by molar-refractivity contribution is -0.122. The summed E-state index contributed by atoms with van der Waals surface area (Å²) in [4.78, 5) is 18.0. The molecule has 0 saturated carbocycles. The number of imidazole rings is 1. The molecule has 6 rings (SSSR count). The van der Waals surface area contributed by atoms with Gasteiger partial charge in [-0.05, 0) is 68.1 Å². The number of rotatable bonds is 4. The Morgan fingerprint density at radius 3 is 2.79 bits per heavy atom. The third-order valence-electron chi connectivity index (χ3n) is 6.69. The Bertz CT molecular complexity index is 1340. The first-order valence-electron chi connectivity index (χ1n) is 11.5. The van der Waals surface area contributed by atoms with E-state index in [-0.39, 0.29) is 36.1 Å². The van der Waals surface area contributed by atoms with Crippen LogP contribution in [0.4, 0.5) is 10.1 Å². The van der Waals surface area contributed by atoms with Crippen LogP contribution in [0.1, 0.15) is 37.3 Å². The number of halogens is 2. The number of hydrogen-bond acceptors (Lipinski definition) is 5. The van der Waals surface area contributed by atoms with E-state index >= 15 is 0 Å². The number of nitrogens with one attached hydrogen (secondary N) is 2. The van der Waals surface area contributed by atoms with Crippen molar-refractivity contribution in [1.82, 2.24) is 14.7 Å². The number of hydrogen-bond donors (Lipinski definition) is 2. The fourth-order valence-corrected chi connectivity index (χ4v) is 5.88. The number of benzene rings is 2. The van der Waals surface area contributed by atoms with Crippen molar-refractivity contribution in [3.8, 4) is 11.3 Å². The van der Waals surface area contributed by atoms with Crippen LogP contribution in [-0.2, 0) is 9.53 Å². The first kappa shape index (κ1) is 23.2. The Balaban J connectivity index is 0.00000241. The van der Waals surface area contributed by atoms with Gasteiger partial charge in [-0.25, -0.2) is 9.37 Å². The van der Waals surface area contributed by atoms with Gasteiger partial charge < -0.3 is 15.4 Å². The van der Waals surface area contributed by atoms with Crippen molar-refractivity contribution in [2.24, 2.45) is 5.92 Å². The molecular formula is C25H26ClFN4O2S. The number of thiazole rings is 1. The summed E-state index contributed by atoms with van der Waals surface area (Å²) >= 11 is 1.53. The molecule has 0 aliphatic carbocycles. The Labute approximate surface area is 206 Å². The predicted octanol–water partition coefficient (Wildman–Crippen LogP) is 5.57. The first-order chi connectivity index (χ1) is 16.2. The molecule has 2 aromatic heterocycles. The fourth-order valence-electron chi connectivity index (χ4n) is 4.84. The third-order valence-corrected chi connectivity index (χ3v) is 7.70. The van der Waals surface area contributed by atoms with E-state index in [0.717, 1.165) is 58.7 Å². The number of anilines is 1. The maximum absolute atomic E-state index is 14.9. The number of fused-ring (bicyclic) bond motifs is 3. The molecular weight excluding hydrogens is 475 g/mol. The van der Waals surface area contributed by atoms with Crippen LogP contribution in [-0.4, -0.2) is 35.1 Å². The van der Waals surface area contributed by atoms with Gasteiger partial charge in [-0.2, -0.15) is 0 Å². The van der Waals surface area contributed by atoms with Crippen molar-refractivity contribution < 1.29 is 13.9 Å². The quantitative estimate of drug-likeness (QED) is 0.384.